The summed E-state index contributed by atoms with van der Waals surface area (Å²) in [5.41, 5.74) is 7.80. The zero-order valence-corrected chi connectivity index (χ0v) is 13.2. The molecule has 0 saturated heterocycles. The molecule has 1 heterocycles. The van der Waals surface area contributed by atoms with E-state index in [1.807, 2.05) is 12.1 Å². The van der Waals surface area contributed by atoms with E-state index in [9.17, 15) is 0 Å². The predicted octanol–water partition coefficient (Wildman–Crippen LogP) is 3.17. The minimum Gasteiger partial charge on any atom is -0.497 e. The quantitative estimate of drug-likeness (QED) is 0.909. The molecular formula is C17H25N3O. The van der Waals surface area contributed by atoms with Crippen molar-refractivity contribution in [1.29, 1.82) is 0 Å². The first-order chi connectivity index (χ1) is 9.96. The Hall–Kier alpha value is -1.71. The van der Waals surface area contributed by atoms with Crippen LogP contribution in [0.5, 0.6) is 5.75 Å². The molecule has 1 aliphatic carbocycles. The number of hydrogen-bond acceptors (Lipinski definition) is 4. The van der Waals surface area contributed by atoms with Crippen LogP contribution in [0.25, 0.3) is 0 Å². The summed E-state index contributed by atoms with van der Waals surface area (Å²) < 4.78 is 5.35. The summed E-state index contributed by atoms with van der Waals surface area (Å²) >= 11 is 0. The number of methoxy groups -OCH3 is 1. The van der Waals surface area contributed by atoms with Crippen LogP contribution >= 0.6 is 0 Å². The number of ether oxygens (including phenoxy) is 1. The van der Waals surface area contributed by atoms with Crippen molar-refractivity contribution in [2.24, 2.45) is 16.1 Å². The Morgan fingerprint density at radius 3 is 2.57 bits per heavy atom. The highest BCUT2D eigenvalue weighted by Gasteiger charge is 2.47. The molecular weight excluding hydrogens is 262 g/mol. The average molecular weight is 287 g/mol. The second-order valence-corrected chi connectivity index (χ2v) is 7.10. The van der Waals surface area contributed by atoms with Crippen molar-refractivity contribution in [2.75, 3.05) is 18.6 Å². The summed E-state index contributed by atoms with van der Waals surface area (Å²) in [5, 5.41) is 0. The molecule has 0 aromatic heterocycles. The molecule has 0 atom stereocenters. The van der Waals surface area contributed by atoms with Crippen LogP contribution < -0.4 is 15.4 Å². The van der Waals surface area contributed by atoms with Crippen LogP contribution in [0.1, 0.15) is 39.5 Å². The van der Waals surface area contributed by atoms with Crippen LogP contribution in [0.2, 0.25) is 0 Å². The van der Waals surface area contributed by atoms with Crippen LogP contribution in [0.3, 0.4) is 0 Å². The third-order valence-electron chi connectivity index (χ3n) is 5.08. The van der Waals surface area contributed by atoms with Gasteiger partial charge in [-0.2, -0.15) is 0 Å². The number of hydrogen-bond donors (Lipinski definition) is 1. The SMILES string of the molecule is COc1cccc(N2C(N)=NCC23CCC(C)(C)CC3)c1. The molecule has 0 unspecified atom stereocenters. The molecule has 1 fully saturated rings. The van der Waals surface area contributed by atoms with E-state index >= 15 is 0 Å². The Bertz CT molecular complexity index is 555. The zero-order valence-electron chi connectivity index (χ0n) is 13.2. The zero-order chi connectivity index (χ0) is 15.1. The molecule has 21 heavy (non-hydrogen) atoms. The number of nitrogens with zero attached hydrogens (tertiary/aromatic N) is 2. The Labute approximate surface area is 127 Å². The van der Waals surface area contributed by atoms with Gasteiger partial charge < -0.3 is 15.4 Å². The largest absolute Gasteiger partial charge is 0.497 e. The lowest BCUT2D eigenvalue weighted by molar-refractivity contribution is 0.176. The number of rotatable bonds is 2. The maximum absolute atomic E-state index is 6.21. The fraction of sp³-hybridized carbons (Fsp3) is 0.588. The standard InChI is InChI=1S/C17H25N3O/c1-16(2)7-9-17(10-8-16)12-19-15(18)20(17)13-5-4-6-14(11-13)21-3/h4-6,11H,7-10,12H2,1-3H3,(H2,18,19). The van der Waals surface area contributed by atoms with E-state index in [0.717, 1.165) is 30.8 Å². The van der Waals surface area contributed by atoms with Crippen LogP contribution in [0.15, 0.2) is 29.3 Å². The van der Waals surface area contributed by atoms with E-state index in [0.29, 0.717) is 11.4 Å². The monoisotopic (exact) mass is 287 g/mol. The van der Waals surface area contributed by atoms with Gasteiger partial charge in [0, 0.05) is 11.8 Å². The minimum atomic E-state index is 0.0615. The third kappa shape index (κ3) is 2.47. The molecule has 4 heteroatoms. The summed E-state index contributed by atoms with van der Waals surface area (Å²) in [4.78, 5) is 6.79. The van der Waals surface area contributed by atoms with E-state index in [2.05, 4.69) is 35.9 Å². The highest BCUT2D eigenvalue weighted by Crippen LogP contribution is 2.46. The molecule has 1 aromatic rings. The lowest BCUT2D eigenvalue weighted by Gasteiger charge is -2.46. The molecule has 0 bridgehead atoms. The maximum Gasteiger partial charge on any atom is 0.196 e. The van der Waals surface area contributed by atoms with Crippen molar-refractivity contribution in [1.82, 2.24) is 0 Å². The smallest absolute Gasteiger partial charge is 0.196 e. The molecule has 1 aromatic carbocycles. The van der Waals surface area contributed by atoms with E-state index in [1.54, 1.807) is 7.11 Å². The van der Waals surface area contributed by atoms with Gasteiger partial charge in [0.1, 0.15) is 5.75 Å². The molecule has 1 saturated carbocycles. The highest BCUT2D eigenvalue weighted by atomic mass is 16.5. The second-order valence-electron chi connectivity index (χ2n) is 7.10. The highest BCUT2D eigenvalue weighted by molar-refractivity contribution is 5.98. The molecule has 2 aliphatic rings. The fourth-order valence-electron chi connectivity index (χ4n) is 3.54. The molecule has 2 N–H and O–H groups in total. The third-order valence-corrected chi connectivity index (χ3v) is 5.08. The van der Waals surface area contributed by atoms with Gasteiger partial charge in [-0.1, -0.05) is 19.9 Å². The first-order valence-electron chi connectivity index (χ1n) is 7.70. The van der Waals surface area contributed by atoms with Gasteiger partial charge in [0.15, 0.2) is 5.96 Å². The number of guanidine groups is 1. The summed E-state index contributed by atoms with van der Waals surface area (Å²) in [6.45, 7) is 5.52. The molecule has 0 amide bonds. The summed E-state index contributed by atoms with van der Waals surface area (Å²) in [5.74, 6) is 1.50. The fourth-order valence-corrected chi connectivity index (χ4v) is 3.54. The van der Waals surface area contributed by atoms with Crippen LogP contribution in [0.4, 0.5) is 5.69 Å². The van der Waals surface area contributed by atoms with E-state index in [1.165, 1.54) is 12.8 Å². The van der Waals surface area contributed by atoms with Gasteiger partial charge in [-0.3, -0.25) is 4.99 Å². The number of benzene rings is 1. The topological polar surface area (TPSA) is 50.9 Å². The summed E-state index contributed by atoms with van der Waals surface area (Å²) in [6, 6.07) is 8.12. The van der Waals surface area contributed by atoms with Gasteiger partial charge in [-0.25, -0.2) is 0 Å². The van der Waals surface area contributed by atoms with Gasteiger partial charge in [-0.15, -0.1) is 0 Å². The lowest BCUT2D eigenvalue weighted by atomic mass is 9.69. The lowest BCUT2D eigenvalue weighted by Crippen LogP contribution is -2.54. The van der Waals surface area contributed by atoms with E-state index in [4.69, 9.17) is 10.5 Å². The normalized spacial score (nSPS) is 23.2. The Kier molecular flexibility index (Phi) is 3.34. The van der Waals surface area contributed by atoms with Gasteiger partial charge in [-0.05, 0) is 43.2 Å². The maximum atomic E-state index is 6.21. The number of nitrogens with two attached hydrogens (primary N) is 1. The second kappa shape index (κ2) is 4.93. The number of aliphatic imine (C=N–C) groups is 1. The van der Waals surface area contributed by atoms with Gasteiger partial charge in [0.05, 0.1) is 19.2 Å². The van der Waals surface area contributed by atoms with Crippen LogP contribution in [-0.2, 0) is 0 Å². The first kappa shape index (κ1) is 14.2. The van der Waals surface area contributed by atoms with Gasteiger partial charge >= 0.3 is 0 Å². The molecule has 1 aliphatic heterocycles. The van der Waals surface area contributed by atoms with Gasteiger partial charge in [0.25, 0.3) is 0 Å². The molecule has 3 rings (SSSR count). The van der Waals surface area contributed by atoms with E-state index in [-0.39, 0.29) is 5.54 Å². The minimum absolute atomic E-state index is 0.0615. The Morgan fingerprint density at radius 2 is 1.90 bits per heavy atom. The van der Waals surface area contributed by atoms with E-state index < -0.39 is 0 Å². The average Bonchev–Trinajstić information content (AvgIpc) is 2.80. The van der Waals surface area contributed by atoms with Crippen LogP contribution in [-0.4, -0.2) is 25.2 Å². The molecule has 1 spiro atoms. The Morgan fingerprint density at radius 1 is 1.19 bits per heavy atom. The van der Waals surface area contributed by atoms with Crippen molar-refractivity contribution in [2.45, 2.75) is 45.1 Å². The first-order valence-corrected chi connectivity index (χ1v) is 7.70. The predicted molar refractivity (Wildman–Crippen MR) is 86.9 cm³/mol. The Balaban J connectivity index is 1.92. The van der Waals surface area contributed by atoms with Crippen molar-refractivity contribution < 1.29 is 4.74 Å². The summed E-state index contributed by atoms with van der Waals surface area (Å²) in [7, 11) is 1.69. The van der Waals surface area contributed by atoms with Crippen molar-refractivity contribution >= 4 is 11.6 Å². The van der Waals surface area contributed by atoms with Crippen molar-refractivity contribution in [3.8, 4) is 5.75 Å². The molecule has 0 radical (unpaired) electrons. The molecule has 4 nitrogen and oxygen atoms in total. The number of anilines is 1. The summed E-state index contributed by atoms with van der Waals surface area (Å²) in [6.07, 6.45) is 4.72. The van der Waals surface area contributed by atoms with Gasteiger partial charge in [0.2, 0.25) is 0 Å². The van der Waals surface area contributed by atoms with Crippen molar-refractivity contribution in [3.05, 3.63) is 24.3 Å². The molecule has 114 valence electrons. The van der Waals surface area contributed by atoms with Crippen molar-refractivity contribution in [3.63, 3.8) is 0 Å². The van der Waals surface area contributed by atoms with Crippen LogP contribution in [0, 0.1) is 5.41 Å².